The van der Waals surface area contributed by atoms with Gasteiger partial charge in [0.15, 0.2) is 12.1 Å². The van der Waals surface area contributed by atoms with Crippen LogP contribution in [0.2, 0.25) is 0 Å². The van der Waals surface area contributed by atoms with Gasteiger partial charge in [-0.25, -0.2) is 4.98 Å². The number of thiol groups is 1. The second-order valence-electron chi connectivity index (χ2n) is 3.54. The van der Waals surface area contributed by atoms with Gasteiger partial charge < -0.3 is 5.32 Å². The van der Waals surface area contributed by atoms with E-state index >= 15 is 0 Å². The number of aldehydes is 1. The Morgan fingerprint density at radius 2 is 2.00 bits per heavy atom. The molecule has 0 atom stereocenters. The lowest BCUT2D eigenvalue weighted by molar-refractivity contribution is -0.167. The van der Waals surface area contributed by atoms with Crippen LogP contribution < -0.4 is 5.32 Å². The molecule has 0 saturated heterocycles. The number of fused-ring (bicyclic) bond motifs is 1. The monoisotopic (exact) mass is 319 g/mol. The van der Waals surface area contributed by atoms with Crippen LogP contribution in [0.1, 0.15) is 24.2 Å². The zero-order valence-electron chi connectivity index (χ0n) is 11.1. The molecule has 0 aliphatic carbocycles. The van der Waals surface area contributed by atoms with Crippen molar-refractivity contribution in [3.8, 4) is 0 Å². The van der Waals surface area contributed by atoms with Crippen molar-refractivity contribution in [2.24, 2.45) is 0 Å². The van der Waals surface area contributed by atoms with Crippen LogP contribution in [0.15, 0.2) is 23.4 Å². The largest absolute Gasteiger partial charge is 0.471 e. The lowest BCUT2D eigenvalue weighted by Gasteiger charge is -2.05. The Balaban J connectivity index is 0.00000106. The second kappa shape index (κ2) is 6.61. The highest BCUT2D eigenvalue weighted by Gasteiger charge is 2.39. The van der Waals surface area contributed by atoms with E-state index in [1.807, 2.05) is 13.8 Å². The highest BCUT2D eigenvalue weighted by molar-refractivity contribution is 7.80. The fourth-order valence-electron chi connectivity index (χ4n) is 1.38. The average molecular weight is 319 g/mol. The molecule has 2 rings (SSSR count). The summed E-state index contributed by atoms with van der Waals surface area (Å²) < 4.78 is 37.7. The number of amides is 1. The van der Waals surface area contributed by atoms with Crippen LogP contribution in [-0.2, 0) is 4.79 Å². The smallest absolute Gasteiger partial charge is 0.301 e. The van der Waals surface area contributed by atoms with Crippen LogP contribution in [0.5, 0.6) is 0 Å². The van der Waals surface area contributed by atoms with Crippen molar-refractivity contribution in [3.05, 3.63) is 23.9 Å². The lowest BCUT2D eigenvalue weighted by Crippen LogP contribution is -2.30. The van der Waals surface area contributed by atoms with E-state index in [-0.39, 0.29) is 16.5 Å². The van der Waals surface area contributed by atoms with Crippen molar-refractivity contribution in [2.45, 2.75) is 25.0 Å². The molecule has 0 aromatic carbocycles. The molecule has 0 bridgehead atoms. The average Bonchev–Trinajstić information content (AvgIpc) is 2.76. The maximum Gasteiger partial charge on any atom is 0.471 e. The maximum absolute atomic E-state index is 12.1. The number of alkyl halides is 3. The Hall–Kier alpha value is -2.03. The number of carbonyl (C=O) groups is 2. The lowest BCUT2D eigenvalue weighted by atomic mass is 10.3. The van der Waals surface area contributed by atoms with Gasteiger partial charge in [0.1, 0.15) is 10.7 Å². The van der Waals surface area contributed by atoms with E-state index in [0.717, 1.165) is 0 Å². The van der Waals surface area contributed by atoms with Crippen LogP contribution in [0.25, 0.3) is 5.65 Å². The number of halogens is 3. The van der Waals surface area contributed by atoms with Crippen molar-refractivity contribution in [2.75, 3.05) is 5.32 Å². The number of anilines is 1. The molecule has 2 aromatic rings. The number of carbonyl (C=O) groups excluding carboxylic acids is 2. The SMILES string of the molecule is CC.O=Cc1ccc2nc(NC(=O)C(F)(F)F)c(S)n2c1. The molecular weight excluding hydrogens is 307 g/mol. The Morgan fingerprint density at radius 1 is 1.38 bits per heavy atom. The van der Waals surface area contributed by atoms with Gasteiger partial charge in [-0.15, -0.1) is 12.6 Å². The molecule has 0 unspecified atom stereocenters. The van der Waals surface area contributed by atoms with Crippen molar-refractivity contribution in [1.82, 2.24) is 9.38 Å². The number of hydrogen-bond acceptors (Lipinski definition) is 4. The fourth-order valence-corrected chi connectivity index (χ4v) is 1.65. The summed E-state index contributed by atoms with van der Waals surface area (Å²) in [4.78, 5) is 25.2. The minimum atomic E-state index is -5.01. The van der Waals surface area contributed by atoms with Crippen LogP contribution in [0.3, 0.4) is 0 Å². The van der Waals surface area contributed by atoms with Crippen LogP contribution in [0, 0.1) is 0 Å². The van der Waals surface area contributed by atoms with Gasteiger partial charge in [0.05, 0.1) is 0 Å². The van der Waals surface area contributed by atoms with E-state index < -0.39 is 12.1 Å². The molecule has 0 spiro atoms. The molecule has 0 aliphatic heterocycles. The van der Waals surface area contributed by atoms with E-state index in [9.17, 15) is 22.8 Å². The fraction of sp³-hybridized carbons (Fsp3) is 0.250. The van der Waals surface area contributed by atoms with Gasteiger partial charge in [-0.05, 0) is 12.1 Å². The van der Waals surface area contributed by atoms with E-state index in [0.29, 0.717) is 11.8 Å². The molecule has 5 nitrogen and oxygen atoms in total. The van der Waals surface area contributed by atoms with E-state index in [4.69, 9.17) is 0 Å². The number of pyridine rings is 1. The molecule has 21 heavy (non-hydrogen) atoms. The Kier molecular flexibility index (Phi) is 5.36. The molecule has 2 aromatic heterocycles. The Morgan fingerprint density at radius 3 is 2.52 bits per heavy atom. The number of aromatic nitrogens is 2. The Labute approximate surface area is 123 Å². The maximum atomic E-state index is 12.1. The van der Waals surface area contributed by atoms with Gasteiger partial charge >= 0.3 is 12.1 Å². The van der Waals surface area contributed by atoms with E-state index in [2.05, 4.69) is 17.6 Å². The summed E-state index contributed by atoms with van der Waals surface area (Å²) in [5.74, 6) is -2.46. The topological polar surface area (TPSA) is 63.5 Å². The highest BCUT2D eigenvalue weighted by Crippen LogP contribution is 2.24. The molecule has 0 aliphatic rings. The zero-order chi connectivity index (χ0) is 16.2. The predicted octanol–water partition coefficient (Wildman–Crippen LogP) is 2.96. The number of nitrogens with one attached hydrogen (secondary N) is 1. The first kappa shape index (κ1) is 17.0. The number of imidazole rings is 1. The molecule has 2 heterocycles. The van der Waals surface area contributed by atoms with Gasteiger partial charge in [-0.3, -0.25) is 14.0 Å². The third kappa shape index (κ3) is 3.75. The van der Waals surface area contributed by atoms with Crippen LogP contribution >= 0.6 is 12.6 Å². The summed E-state index contributed by atoms with van der Waals surface area (Å²) in [5.41, 5.74) is 0.557. The standard InChI is InChI=1S/C10H6F3N3O2S.C2H6/c11-10(12,13)9(18)15-7-8(19)16-3-5(4-17)1-2-6(16)14-7;1-2/h1-4,19H,(H,15,18);1-2H3. The third-order valence-corrected chi connectivity index (χ3v) is 2.67. The second-order valence-corrected chi connectivity index (χ2v) is 3.97. The Bertz CT molecular complexity index is 668. The van der Waals surface area contributed by atoms with E-state index in [1.165, 1.54) is 22.7 Å². The summed E-state index contributed by atoms with van der Waals surface area (Å²) in [6.45, 7) is 4.00. The first-order chi connectivity index (χ1) is 9.82. The van der Waals surface area contributed by atoms with Crippen LogP contribution in [0.4, 0.5) is 19.0 Å². The minimum absolute atomic E-state index is 0.00343. The summed E-state index contributed by atoms with van der Waals surface area (Å²) >= 11 is 3.97. The summed E-state index contributed by atoms with van der Waals surface area (Å²) in [6, 6.07) is 2.87. The van der Waals surface area contributed by atoms with Crippen molar-refractivity contribution in [1.29, 1.82) is 0 Å². The third-order valence-electron chi connectivity index (χ3n) is 2.24. The number of nitrogens with zero attached hydrogens (tertiary/aromatic N) is 2. The molecular formula is C12H12F3N3O2S. The van der Waals surface area contributed by atoms with Gasteiger partial charge in [-0.1, -0.05) is 13.8 Å². The molecule has 0 saturated carbocycles. The van der Waals surface area contributed by atoms with Crippen molar-refractivity contribution >= 4 is 36.3 Å². The predicted molar refractivity (Wildman–Crippen MR) is 73.9 cm³/mol. The highest BCUT2D eigenvalue weighted by atomic mass is 32.1. The van der Waals surface area contributed by atoms with E-state index in [1.54, 1.807) is 5.32 Å². The van der Waals surface area contributed by atoms with Crippen LogP contribution in [-0.4, -0.2) is 27.8 Å². The zero-order valence-corrected chi connectivity index (χ0v) is 12.0. The summed E-state index contributed by atoms with van der Waals surface area (Å²) in [7, 11) is 0. The molecule has 1 amide bonds. The first-order valence-corrected chi connectivity index (χ1v) is 6.32. The van der Waals surface area contributed by atoms with Gasteiger partial charge in [0.25, 0.3) is 0 Å². The quantitative estimate of drug-likeness (QED) is 0.661. The van der Waals surface area contributed by atoms with Gasteiger partial charge in [-0.2, -0.15) is 13.2 Å². The normalized spacial score (nSPS) is 10.8. The van der Waals surface area contributed by atoms with Crippen molar-refractivity contribution in [3.63, 3.8) is 0 Å². The van der Waals surface area contributed by atoms with Gasteiger partial charge in [0.2, 0.25) is 0 Å². The number of rotatable bonds is 2. The molecule has 9 heteroatoms. The minimum Gasteiger partial charge on any atom is -0.301 e. The first-order valence-electron chi connectivity index (χ1n) is 5.87. The molecule has 114 valence electrons. The molecule has 0 fully saturated rings. The molecule has 0 radical (unpaired) electrons. The molecule has 1 N–H and O–H groups in total. The number of hydrogen-bond donors (Lipinski definition) is 2. The van der Waals surface area contributed by atoms with Crippen molar-refractivity contribution < 1.29 is 22.8 Å². The summed E-state index contributed by atoms with van der Waals surface area (Å²) in [5, 5.41) is 1.61. The van der Waals surface area contributed by atoms with Gasteiger partial charge in [0, 0.05) is 11.8 Å². The summed E-state index contributed by atoms with van der Waals surface area (Å²) in [6.07, 6.45) is -3.09.